The van der Waals surface area contributed by atoms with Gasteiger partial charge in [-0.15, -0.1) is 0 Å². The smallest absolute Gasteiger partial charge is 0.0627 e. The van der Waals surface area contributed by atoms with Crippen LogP contribution in [-0.4, -0.2) is 21.9 Å². The highest BCUT2D eigenvalue weighted by atomic mass is 15.3. The third-order valence-electron chi connectivity index (χ3n) is 3.69. The van der Waals surface area contributed by atoms with E-state index in [4.69, 9.17) is 0 Å². The lowest BCUT2D eigenvalue weighted by atomic mass is 9.97. The van der Waals surface area contributed by atoms with Crippen LogP contribution in [0.3, 0.4) is 0 Å². The highest BCUT2D eigenvalue weighted by Gasteiger charge is 2.15. The Hall–Kier alpha value is -0.830. The predicted octanol–water partition coefficient (Wildman–Crippen LogP) is 3.42. The van der Waals surface area contributed by atoms with Crippen molar-refractivity contribution in [2.75, 3.05) is 0 Å². The Balaban J connectivity index is 2.54. The molecule has 3 unspecified atom stereocenters. The second-order valence-electron chi connectivity index (χ2n) is 5.84. The quantitative estimate of drug-likeness (QED) is 0.804. The highest BCUT2D eigenvalue weighted by molar-refractivity contribution is 5.01. The van der Waals surface area contributed by atoms with Crippen molar-refractivity contribution in [2.45, 2.75) is 72.5 Å². The molecular weight excluding hydrogens is 222 g/mol. The van der Waals surface area contributed by atoms with Crippen LogP contribution in [0.5, 0.6) is 0 Å². The van der Waals surface area contributed by atoms with E-state index in [-0.39, 0.29) is 0 Å². The number of aromatic nitrogens is 2. The summed E-state index contributed by atoms with van der Waals surface area (Å²) in [4.78, 5) is 0. The molecule has 0 aromatic carbocycles. The zero-order valence-corrected chi connectivity index (χ0v) is 12.8. The van der Waals surface area contributed by atoms with Crippen molar-refractivity contribution in [3.63, 3.8) is 0 Å². The van der Waals surface area contributed by atoms with Crippen molar-refractivity contribution in [1.82, 2.24) is 15.1 Å². The van der Waals surface area contributed by atoms with E-state index in [1.54, 1.807) is 0 Å². The molecule has 1 aromatic rings. The summed E-state index contributed by atoms with van der Waals surface area (Å²) >= 11 is 0. The van der Waals surface area contributed by atoms with Gasteiger partial charge in [-0.2, -0.15) is 5.10 Å². The lowest BCUT2D eigenvalue weighted by Crippen LogP contribution is -2.37. The van der Waals surface area contributed by atoms with Crippen LogP contribution < -0.4 is 5.32 Å². The lowest BCUT2D eigenvalue weighted by Gasteiger charge is -2.23. The van der Waals surface area contributed by atoms with Gasteiger partial charge < -0.3 is 5.32 Å². The van der Waals surface area contributed by atoms with Gasteiger partial charge in [0, 0.05) is 24.3 Å². The van der Waals surface area contributed by atoms with Crippen LogP contribution in [0.15, 0.2) is 12.3 Å². The molecule has 1 heterocycles. The van der Waals surface area contributed by atoms with Gasteiger partial charge in [0.05, 0.1) is 5.69 Å². The van der Waals surface area contributed by atoms with Crippen molar-refractivity contribution < 1.29 is 0 Å². The fourth-order valence-electron chi connectivity index (χ4n) is 2.12. The Kier molecular flexibility index (Phi) is 5.86. The molecule has 1 N–H and O–H groups in total. The second kappa shape index (κ2) is 6.93. The third-order valence-corrected chi connectivity index (χ3v) is 3.69. The molecule has 104 valence electrons. The van der Waals surface area contributed by atoms with Gasteiger partial charge in [0.2, 0.25) is 0 Å². The topological polar surface area (TPSA) is 29.9 Å². The van der Waals surface area contributed by atoms with Crippen LogP contribution in [0.4, 0.5) is 0 Å². The van der Waals surface area contributed by atoms with E-state index in [0.717, 1.165) is 12.8 Å². The van der Waals surface area contributed by atoms with Crippen LogP contribution in [0, 0.1) is 5.92 Å². The largest absolute Gasteiger partial charge is 0.312 e. The maximum absolute atomic E-state index is 4.67. The van der Waals surface area contributed by atoms with Gasteiger partial charge in [0.25, 0.3) is 0 Å². The molecule has 18 heavy (non-hydrogen) atoms. The molecule has 0 aliphatic rings. The Morgan fingerprint density at radius 3 is 2.44 bits per heavy atom. The van der Waals surface area contributed by atoms with Gasteiger partial charge in [-0.1, -0.05) is 27.7 Å². The fraction of sp³-hybridized carbons (Fsp3) is 0.800. The van der Waals surface area contributed by atoms with Crippen LogP contribution in [0.1, 0.15) is 59.7 Å². The predicted molar refractivity (Wildman–Crippen MR) is 77.8 cm³/mol. The maximum Gasteiger partial charge on any atom is 0.0627 e. The third kappa shape index (κ3) is 4.45. The van der Waals surface area contributed by atoms with Crippen LogP contribution in [0.2, 0.25) is 0 Å². The average molecular weight is 251 g/mol. The number of hydrogen-bond acceptors (Lipinski definition) is 2. The minimum absolute atomic E-state index is 0.500. The molecule has 0 saturated carbocycles. The molecule has 3 heteroatoms. The Morgan fingerprint density at radius 1 is 1.22 bits per heavy atom. The first-order valence-corrected chi connectivity index (χ1v) is 7.24. The molecule has 1 rings (SSSR count). The first-order valence-electron chi connectivity index (χ1n) is 7.24. The fourth-order valence-corrected chi connectivity index (χ4v) is 2.12. The number of nitrogens with one attached hydrogen (secondary N) is 1. The molecule has 0 amide bonds. The van der Waals surface area contributed by atoms with Gasteiger partial charge in [-0.05, 0) is 38.7 Å². The van der Waals surface area contributed by atoms with E-state index in [0.29, 0.717) is 24.0 Å². The van der Waals surface area contributed by atoms with Gasteiger partial charge in [0.1, 0.15) is 0 Å². The minimum Gasteiger partial charge on any atom is -0.312 e. The zero-order valence-electron chi connectivity index (χ0n) is 12.8. The average Bonchev–Trinajstić information content (AvgIpc) is 2.75. The minimum atomic E-state index is 0.500. The molecule has 0 aliphatic heterocycles. The summed E-state index contributed by atoms with van der Waals surface area (Å²) < 4.78 is 2.09. The summed E-state index contributed by atoms with van der Waals surface area (Å²) in [6, 6.07) is 3.73. The van der Waals surface area contributed by atoms with Crippen LogP contribution in [-0.2, 0) is 6.42 Å². The standard InChI is InChI=1S/C15H29N3/c1-7-13(5)18-9-8-15(17-18)10-12(4)14(6)16-11(2)3/h8-9,11-14,16H,7,10H2,1-6H3. The van der Waals surface area contributed by atoms with E-state index in [2.05, 4.69) is 68.9 Å². The number of nitrogens with zero attached hydrogens (tertiary/aromatic N) is 2. The molecular formula is C15H29N3. The molecule has 3 atom stereocenters. The number of rotatable bonds is 7. The molecule has 0 radical (unpaired) electrons. The van der Waals surface area contributed by atoms with Crippen molar-refractivity contribution >= 4 is 0 Å². The molecule has 0 fully saturated rings. The Bertz CT molecular complexity index is 343. The van der Waals surface area contributed by atoms with E-state index in [1.165, 1.54) is 5.69 Å². The van der Waals surface area contributed by atoms with Crippen LogP contribution in [0.25, 0.3) is 0 Å². The summed E-state index contributed by atoms with van der Waals surface area (Å²) in [7, 11) is 0. The molecule has 0 aliphatic carbocycles. The van der Waals surface area contributed by atoms with Crippen molar-refractivity contribution in [3.05, 3.63) is 18.0 Å². The van der Waals surface area contributed by atoms with E-state index < -0.39 is 0 Å². The normalized spacial score (nSPS) is 16.8. The van der Waals surface area contributed by atoms with Gasteiger partial charge in [0.15, 0.2) is 0 Å². The Labute approximate surface area is 112 Å². The Morgan fingerprint density at radius 2 is 1.89 bits per heavy atom. The van der Waals surface area contributed by atoms with Gasteiger partial charge in [-0.25, -0.2) is 0 Å². The maximum atomic E-state index is 4.67. The SMILES string of the molecule is CCC(C)n1ccc(CC(C)C(C)NC(C)C)n1. The monoisotopic (exact) mass is 251 g/mol. The molecule has 1 aromatic heterocycles. The van der Waals surface area contributed by atoms with Gasteiger partial charge in [-0.3, -0.25) is 4.68 Å². The second-order valence-corrected chi connectivity index (χ2v) is 5.84. The van der Waals surface area contributed by atoms with E-state index in [9.17, 15) is 0 Å². The summed E-state index contributed by atoms with van der Waals surface area (Å²) in [6.45, 7) is 13.4. The van der Waals surface area contributed by atoms with Gasteiger partial charge >= 0.3 is 0 Å². The first-order chi connectivity index (χ1) is 8.43. The highest BCUT2D eigenvalue weighted by Crippen LogP contribution is 2.14. The zero-order chi connectivity index (χ0) is 13.7. The summed E-state index contributed by atoms with van der Waals surface area (Å²) in [6.07, 6.45) is 4.28. The molecule has 0 bridgehead atoms. The molecule has 0 saturated heterocycles. The first kappa shape index (κ1) is 15.2. The van der Waals surface area contributed by atoms with Crippen molar-refractivity contribution in [1.29, 1.82) is 0 Å². The summed E-state index contributed by atoms with van der Waals surface area (Å²) in [5.74, 6) is 0.604. The van der Waals surface area contributed by atoms with E-state index >= 15 is 0 Å². The van der Waals surface area contributed by atoms with E-state index in [1.807, 2.05) is 0 Å². The van der Waals surface area contributed by atoms with Crippen LogP contribution >= 0.6 is 0 Å². The summed E-state index contributed by atoms with van der Waals surface area (Å²) in [5.41, 5.74) is 1.21. The van der Waals surface area contributed by atoms with Crippen molar-refractivity contribution in [3.8, 4) is 0 Å². The van der Waals surface area contributed by atoms with Crippen molar-refractivity contribution in [2.24, 2.45) is 5.92 Å². The lowest BCUT2D eigenvalue weighted by molar-refractivity contribution is 0.367. The molecule has 3 nitrogen and oxygen atoms in total. The molecule has 0 spiro atoms. The number of hydrogen-bond donors (Lipinski definition) is 1. The summed E-state index contributed by atoms with van der Waals surface area (Å²) in [5, 5.41) is 8.24.